The summed E-state index contributed by atoms with van der Waals surface area (Å²) < 4.78 is 0. The molecule has 110 valence electrons. The second kappa shape index (κ2) is 6.51. The molecular weight excluding hydrogens is 335 g/mol. The summed E-state index contributed by atoms with van der Waals surface area (Å²) in [5, 5.41) is 9.84. The van der Waals surface area contributed by atoms with E-state index >= 15 is 0 Å². The number of H-pyrrole nitrogens is 1. The van der Waals surface area contributed by atoms with Crippen LogP contribution in [0.2, 0.25) is 10.0 Å². The molecule has 2 aromatic rings. The minimum atomic E-state index is -0.270. The Balaban J connectivity index is 2.13. The molecular formula is C13H10Cl2N2O3S. The average Bonchev–Trinajstić information content (AvgIpc) is 2.40. The van der Waals surface area contributed by atoms with E-state index in [1.165, 1.54) is 18.2 Å². The predicted molar refractivity (Wildman–Crippen MR) is 82.8 cm³/mol. The number of aromatic amines is 1. The second-order valence-corrected chi connectivity index (χ2v) is 5.97. The molecule has 1 aromatic heterocycles. The summed E-state index contributed by atoms with van der Waals surface area (Å²) in [5.41, 5.74) is 0.586. The maximum absolute atomic E-state index is 12.1. The number of phenolic OH excluding ortho intramolecular Hbond substituents is 1. The van der Waals surface area contributed by atoms with Crippen LogP contribution in [-0.2, 0) is 0 Å². The Morgan fingerprint density at radius 3 is 2.52 bits per heavy atom. The molecule has 0 bridgehead atoms. The van der Waals surface area contributed by atoms with Crippen molar-refractivity contribution in [3.63, 3.8) is 0 Å². The van der Waals surface area contributed by atoms with Crippen LogP contribution in [0.25, 0.3) is 0 Å². The molecule has 0 radical (unpaired) electrons. The van der Waals surface area contributed by atoms with Crippen molar-refractivity contribution in [1.82, 2.24) is 9.97 Å². The zero-order valence-electron chi connectivity index (χ0n) is 10.8. The number of Topliss-reactive ketones (excluding diaryl/α,β-unsaturated/α-hetero) is 1. The Kier molecular flexibility index (Phi) is 4.92. The molecule has 0 saturated carbocycles. The number of hydrogen-bond acceptors (Lipinski definition) is 5. The third-order valence-electron chi connectivity index (χ3n) is 2.53. The minimum absolute atomic E-state index is 0.0120. The van der Waals surface area contributed by atoms with Gasteiger partial charge in [0.2, 0.25) is 0 Å². The Morgan fingerprint density at radius 1 is 1.33 bits per heavy atom. The van der Waals surface area contributed by atoms with E-state index in [1.807, 2.05) is 0 Å². The standard InChI is InChI=1S/C13H10Cl2N2O3S/c1-6-2-11(19)17-13(16-6)21-5-10(18)7-3-8(14)12(20)9(15)4-7/h2-4,20H,5H2,1H3,(H,16,17,19). The van der Waals surface area contributed by atoms with Gasteiger partial charge in [-0.05, 0) is 19.1 Å². The highest BCUT2D eigenvalue weighted by Crippen LogP contribution is 2.33. The number of thioether (sulfide) groups is 1. The number of nitrogens with one attached hydrogen (secondary N) is 1. The highest BCUT2D eigenvalue weighted by Gasteiger charge is 2.13. The molecule has 0 amide bonds. The van der Waals surface area contributed by atoms with Gasteiger partial charge in [0, 0.05) is 17.3 Å². The first-order valence-corrected chi connectivity index (χ1v) is 7.53. The summed E-state index contributed by atoms with van der Waals surface area (Å²) in [6.45, 7) is 1.70. The molecule has 5 nitrogen and oxygen atoms in total. The Hall–Kier alpha value is -1.50. The number of aromatic hydroxyl groups is 1. The normalized spacial score (nSPS) is 10.6. The number of nitrogens with zero attached hydrogens (tertiary/aromatic N) is 1. The third-order valence-corrected chi connectivity index (χ3v) is 3.98. The number of carbonyl (C=O) groups is 1. The first-order chi connectivity index (χ1) is 9.86. The zero-order valence-corrected chi connectivity index (χ0v) is 13.1. The highest BCUT2D eigenvalue weighted by atomic mass is 35.5. The number of rotatable bonds is 4. The third kappa shape index (κ3) is 4.00. The molecule has 0 aliphatic heterocycles. The monoisotopic (exact) mass is 344 g/mol. The fourth-order valence-corrected chi connectivity index (χ4v) is 2.87. The molecule has 0 aliphatic carbocycles. The van der Waals surface area contributed by atoms with Gasteiger partial charge in [0.15, 0.2) is 16.7 Å². The van der Waals surface area contributed by atoms with Crippen LogP contribution in [0.15, 0.2) is 28.2 Å². The number of carbonyl (C=O) groups excluding carboxylic acids is 1. The van der Waals surface area contributed by atoms with Crippen LogP contribution < -0.4 is 5.56 Å². The van der Waals surface area contributed by atoms with Gasteiger partial charge in [0.05, 0.1) is 15.8 Å². The maximum atomic E-state index is 12.1. The molecule has 2 rings (SSSR count). The van der Waals surface area contributed by atoms with Gasteiger partial charge in [-0.3, -0.25) is 9.59 Å². The van der Waals surface area contributed by atoms with E-state index in [0.29, 0.717) is 10.9 Å². The molecule has 0 atom stereocenters. The van der Waals surface area contributed by atoms with E-state index in [0.717, 1.165) is 11.8 Å². The van der Waals surface area contributed by atoms with Crippen LogP contribution in [0, 0.1) is 6.92 Å². The van der Waals surface area contributed by atoms with Crippen molar-refractivity contribution < 1.29 is 9.90 Å². The van der Waals surface area contributed by atoms with E-state index in [2.05, 4.69) is 9.97 Å². The Bertz CT molecular complexity index is 738. The second-order valence-electron chi connectivity index (χ2n) is 4.19. The maximum Gasteiger partial charge on any atom is 0.251 e. The van der Waals surface area contributed by atoms with E-state index in [9.17, 15) is 14.7 Å². The Labute approximate surface area is 134 Å². The molecule has 0 fully saturated rings. The largest absolute Gasteiger partial charge is 0.505 e. The molecule has 1 heterocycles. The van der Waals surface area contributed by atoms with E-state index in [1.54, 1.807) is 6.92 Å². The minimum Gasteiger partial charge on any atom is -0.505 e. The van der Waals surface area contributed by atoms with Crippen molar-refractivity contribution in [2.45, 2.75) is 12.1 Å². The molecule has 0 spiro atoms. The molecule has 8 heteroatoms. The number of aromatic nitrogens is 2. The summed E-state index contributed by atoms with van der Waals surface area (Å²) in [6.07, 6.45) is 0. The van der Waals surface area contributed by atoms with Crippen molar-refractivity contribution in [3.8, 4) is 5.75 Å². The van der Waals surface area contributed by atoms with Crippen LogP contribution in [-0.4, -0.2) is 26.6 Å². The fourth-order valence-electron chi connectivity index (χ4n) is 1.56. The molecule has 0 unspecified atom stereocenters. The van der Waals surface area contributed by atoms with Gasteiger partial charge in [-0.1, -0.05) is 35.0 Å². The van der Waals surface area contributed by atoms with Crippen LogP contribution >= 0.6 is 35.0 Å². The van der Waals surface area contributed by atoms with Crippen LogP contribution in [0.5, 0.6) is 5.75 Å². The van der Waals surface area contributed by atoms with Gasteiger partial charge >= 0.3 is 0 Å². The first-order valence-electron chi connectivity index (χ1n) is 5.79. The number of hydrogen-bond donors (Lipinski definition) is 2. The van der Waals surface area contributed by atoms with E-state index in [4.69, 9.17) is 23.2 Å². The molecule has 21 heavy (non-hydrogen) atoms. The topological polar surface area (TPSA) is 83.0 Å². The first kappa shape index (κ1) is 15.9. The smallest absolute Gasteiger partial charge is 0.251 e. The quantitative estimate of drug-likeness (QED) is 0.506. The summed E-state index contributed by atoms with van der Waals surface area (Å²) in [6, 6.07) is 4.06. The summed E-state index contributed by atoms with van der Waals surface area (Å²) in [4.78, 5) is 30.0. The Morgan fingerprint density at radius 2 is 1.95 bits per heavy atom. The number of ketones is 1. The average molecular weight is 345 g/mol. The van der Waals surface area contributed by atoms with Crippen molar-refractivity contribution in [3.05, 3.63) is 49.9 Å². The lowest BCUT2D eigenvalue weighted by Crippen LogP contribution is -2.10. The summed E-state index contributed by atoms with van der Waals surface area (Å²) in [5.74, 6) is -0.440. The van der Waals surface area contributed by atoms with Crippen LogP contribution in [0.1, 0.15) is 16.1 Å². The SMILES string of the molecule is Cc1cc(=O)[nH]c(SCC(=O)c2cc(Cl)c(O)c(Cl)c2)n1. The number of aryl methyl sites for hydroxylation is 1. The highest BCUT2D eigenvalue weighted by molar-refractivity contribution is 7.99. The van der Waals surface area contributed by atoms with Gasteiger partial charge in [-0.25, -0.2) is 4.98 Å². The van der Waals surface area contributed by atoms with Crippen LogP contribution in [0.3, 0.4) is 0 Å². The van der Waals surface area contributed by atoms with E-state index < -0.39 is 0 Å². The van der Waals surface area contributed by atoms with Crippen molar-refractivity contribution >= 4 is 40.7 Å². The predicted octanol–water partition coefficient (Wildman–Crippen LogP) is 3.07. The summed E-state index contributed by atoms with van der Waals surface area (Å²) in [7, 11) is 0. The molecule has 0 aliphatic rings. The van der Waals surface area contributed by atoms with Crippen molar-refractivity contribution in [2.24, 2.45) is 0 Å². The number of benzene rings is 1. The zero-order chi connectivity index (χ0) is 15.6. The lowest BCUT2D eigenvalue weighted by Gasteiger charge is -2.05. The van der Waals surface area contributed by atoms with Crippen molar-refractivity contribution in [2.75, 3.05) is 5.75 Å². The van der Waals surface area contributed by atoms with Gasteiger partial charge in [0.25, 0.3) is 5.56 Å². The molecule has 0 saturated heterocycles. The van der Waals surface area contributed by atoms with Crippen molar-refractivity contribution in [1.29, 1.82) is 0 Å². The lowest BCUT2D eigenvalue weighted by atomic mass is 10.1. The van der Waals surface area contributed by atoms with Gasteiger partial charge in [-0.15, -0.1) is 0 Å². The van der Waals surface area contributed by atoms with Gasteiger partial charge in [-0.2, -0.15) is 0 Å². The molecule has 1 aromatic carbocycles. The van der Waals surface area contributed by atoms with Gasteiger partial charge in [0.1, 0.15) is 0 Å². The fraction of sp³-hybridized carbons (Fsp3) is 0.154. The molecule has 2 N–H and O–H groups in total. The summed E-state index contributed by atoms with van der Waals surface area (Å²) >= 11 is 12.6. The number of phenols is 1. The number of halogens is 2. The van der Waals surface area contributed by atoms with Gasteiger partial charge < -0.3 is 10.1 Å². The lowest BCUT2D eigenvalue weighted by molar-refractivity contribution is 0.102. The van der Waals surface area contributed by atoms with Crippen LogP contribution in [0.4, 0.5) is 0 Å². The van der Waals surface area contributed by atoms with E-state index in [-0.39, 0.29) is 38.5 Å².